The average Bonchev–Trinajstić information content (AvgIpc) is 2.66. The molecule has 1 heterocycles. The molecule has 1 aromatic heterocycles. The molecule has 4 nitrogen and oxygen atoms in total. The highest BCUT2D eigenvalue weighted by Crippen LogP contribution is 2.12. The summed E-state index contributed by atoms with van der Waals surface area (Å²) in [5.41, 5.74) is 6.59. The third-order valence-corrected chi connectivity index (χ3v) is 2.23. The van der Waals surface area contributed by atoms with Gasteiger partial charge in [0.2, 0.25) is 0 Å². The minimum absolute atomic E-state index is 0.131. The largest absolute Gasteiger partial charge is 0.468 e. The van der Waals surface area contributed by atoms with E-state index in [-0.39, 0.29) is 6.61 Å². The Balaban J connectivity index is 2.60. The molecule has 84 valence electrons. The third-order valence-electron chi connectivity index (χ3n) is 2.23. The lowest BCUT2D eigenvalue weighted by Crippen LogP contribution is -2.26. The Morgan fingerprint density at radius 3 is 3.00 bits per heavy atom. The van der Waals surface area contributed by atoms with E-state index in [0.29, 0.717) is 19.6 Å². The Kier molecular flexibility index (Phi) is 5.10. The molecule has 0 saturated heterocycles. The molecule has 4 heteroatoms. The van der Waals surface area contributed by atoms with Crippen molar-refractivity contribution in [1.82, 2.24) is 4.90 Å². The molecule has 0 aliphatic rings. The summed E-state index contributed by atoms with van der Waals surface area (Å²) in [4.78, 5) is 2.05. The smallest absolute Gasteiger partial charge is 0.122 e. The number of aliphatic hydroxyl groups excluding tert-OH is 1. The molecule has 0 aliphatic carbocycles. The molecule has 0 saturated carbocycles. The van der Waals surface area contributed by atoms with Crippen LogP contribution in [0.25, 0.3) is 0 Å². The molecular weight excluding hydrogens is 192 g/mol. The number of rotatable bonds is 7. The molecule has 0 amide bonds. The van der Waals surface area contributed by atoms with Crippen molar-refractivity contribution in [2.75, 3.05) is 19.7 Å². The summed E-state index contributed by atoms with van der Waals surface area (Å²) in [7, 11) is 0. The van der Waals surface area contributed by atoms with Crippen molar-refractivity contribution >= 4 is 0 Å². The molecule has 15 heavy (non-hydrogen) atoms. The molecule has 0 aromatic carbocycles. The molecule has 0 radical (unpaired) electrons. The summed E-state index contributed by atoms with van der Waals surface area (Å²) in [6, 6.07) is 1.88. The summed E-state index contributed by atoms with van der Waals surface area (Å²) in [5.74, 6) is 0.868. The van der Waals surface area contributed by atoms with Crippen molar-refractivity contribution in [1.29, 1.82) is 0 Å². The molecule has 0 atom stereocenters. The van der Waals surface area contributed by atoms with Crippen molar-refractivity contribution < 1.29 is 9.52 Å². The van der Waals surface area contributed by atoms with Gasteiger partial charge in [-0.25, -0.2) is 0 Å². The van der Waals surface area contributed by atoms with Gasteiger partial charge >= 0.3 is 0 Å². The molecule has 0 spiro atoms. The zero-order valence-corrected chi connectivity index (χ0v) is 8.85. The molecule has 0 fully saturated rings. The summed E-state index contributed by atoms with van der Waals surface area (Å²) in [5, 5.41) is 8.89. The van der Waals surface area contributed by atoms with Crippen LogP contribution in [0.1, 0.15) is 11.3 Å². The van der Waals surface area contributed by atoms with E-state index < -0.39 is 0 Å². The lowest BCUT2D eigenvalue weighted by Gasteiger charge is -2.18. The SMILES string of the molecule is C=CCN(CCO)Cc1occc1CN. The van der Waals surface area contributed by atoms with Crippen LogP contribution in [0, 0.1) is 0 Å². The Labute approximate surface area is 90.0 Å². The quantitative estimate of drug-likeness (QED) is 0.651. The Hall–Kier alpha value is -1.10. The first-order chi connectivity index (χ1) is 7.31. The van der Waals surface area contributed by atoms with Gasteiger partial charge in [0.15, 0.2) is 0 Å². The van der Waals surface area contributed by atoms with Crippen molar-refractivity contribution in [3.8, 4) is 0 Å². The van der Waals surface area contributed by atoms with E-state index >= 15 is 0 Å². The second kappa shape index (κ2) is 6.40. The summed E-state index contributed by atoms with van der Waals surface area (Å²) in [6.45, 7) is 6.28. The maximum atomic E-state index is 8.89. The minimum Gasteiger partial charge on any atom is -0.468 e. The van der Waals surface area contributed by atoms with Gasteiger partial charge in [0, 0.05) is 25.2 Å². The van der Waals surface area contributed by atoms with E-state index in [1.807, 2.05) is 11.0 Å². The zero-order chi connectivity index (χ0) is 11.1. The summed E-state index contributed by atoms with van der Waals surface area (Å²) < 4.78 is 5.34. The van der Waals surface area contributed by atoms with Gasteiger partial charge in [-0.3, -0.25) is 4.90 Å². The summed E-state index contributed by atoms with van der Waals surface area (Å²) >= 11 is 0. The van der Waals surface area contributed by atoms with E-state index in [2.05, 4.69) is 6.58 Å². The van der Waals surface area contributed by atoms with Crippen molar-refractivity contribution in [2.45, 2.75) is 13.1 Å². The van der Waals surface area contributed by atoms with E-state index in [9.17, 15) is 0 Å². The predicted octanol–water partition coefficient (Wildman–Crippen LogP) is 0.719. The van der Waals surface area contributed by atoms with Crippen molar-refractivity contribution in [3.63, 3.8) is 0 Å². The molecule has 3 N–H and O–H groups in total. The topological polar surface area (TPSA) is 62.6 Å². The van der Waals surface area contributed by atoms with E-state index in [0.717, 1.165) is 17.9 Å². The van der Waals surface area contributed by atoms with Crippen LogP contribution in [0.3, 0.4) is 0 Å². The fourth-order valence-electron chi connectivity index (χ4n) is 1.45. The molecule has 1 aromatic rings. The number of furan rings is 1. The normalized spacial score (nSPS) is 10.9. The third kappa shape index (κ3) is 3.51. The van der Waals surface area contributed by atoms with Crippen LogP contribution in [-0.4, -0.2) is 29.7 Å². The fraction of sp³-hybridized carbons (Fsp3) is 0.455. The van der Waals surface area contributed by atoms with Gasteiger partial charge in [-0.15, -0.1) is 6.58 Å². The highest BCUT2D eigenvalue weighted by molar-refractivity contribution is 5.16. The van der Waals surface area contributed by atoms with Crippen LogP contribution < -0.4 is 5.73 Å². The van der Waals surface area contributed by atoms with E-state index in [1.54, 1.807) is 12.3 Å². The van der Waals surface area contributed by atoms with Gasteiger partial charge in [0.05, 0.1) is 19.4 Å². The molecule has 0 bridgehead atoms. The highest BCUT2D eigenvalue weighted by atomic mass is 16.3. The van der Waals surface area contributed by atoms with Crippen LogP contribution >= 0.6 is 0 Å². The van der Waals surface area contributed by atoms with Crippen molar-refractivity contribution in [2.24, 2.45) is 5.73 Å². The van der Waals surface area contributed by atoms with Gasteiger partial charge in [-0.05, 0) is 6.07 Å². The number of aliphatic hydroxyl groups is 1. The Bertz CT molecular complexity index is 297. The highest BCUT2D eigenvalue weighted by Gasteiger charge is 2.09. The first-order valence-corrected chi connectivity index (χ1v) is 5.01. The van der Waals surface area contributed by atoms with Gasteiger partial charge in [0.25, 0.3) is 0 Å². The standard InChI is InChI=1S/C11H18N2O2/c1-2-4-13(5-6-14)9-11-10(8-12)3-7-15-11/h2-3,7,14H,1,4-6,8-9,12H2. The van der Waals surface area contributed by atoms with Crippen molar-refractivity contribution in [3.05, 3.63) is 36.3 Å². The summed E-state index contributed by atoms with van der Waals surface area (Å²) in [6.07, 6.45) is 3.45. The van der Waals surface area contributed by atoms with Gasteiger partial charge < -0.3 is 15.3 Å². The fourth-order valence-corrected chi connectivity index (χ4v) is 1.45. The molecule has 0 unspecified atom stereocenters. The van der Waals surface area contributed by atoms with Gasteiger partial charge in [-0.2, -0.15) is 0 Å². The van der Waals surface area contributed by atoms with Gasteiger partial charge in [0.1, 0.15) is 5.76 Å². The van der Waals surface area contributed by atoms with E-state index in [4.69, 9.17) is 15.3 Å². The lowest BCUT2D eigenvalue weighted by molar-refractivity contribution is 0.193. The van der Waals surface area contributed by atoms with Crippen LogP contribution in [0.15, 0.2) is 29.4 Å². The predicted molar refractivity (Wildman–Crippen MR) is 59.2 cm³/mol. The number of nitrogens with zero attached hydrogens (tertiary/aromatic N) is 1. The second-order valence-corrected chi connectivity index (χ2v) is 3.32. The maximum Gasteiger partial charge on any atom is 0.122 e. The van der Waals surface area contributed by atoms with Crippen LogP contribution in [0.4, 0.5) is 0 Å². The first kappa shape index (κ1) is 12.0. The molecular formula is C11H18N2O2. The zero-order valence-electron chi connectivity index (χ0n) is 8.85. The first-order valence-electron chi connectivity index (χ1n) is 5.01. The van der Waals surface area contributed by atoms with Crippen LogP contribution in [0.2, 0.25) is 0 Å². The van der Waals surface area contributed by atoms with Gasteiger partial charge in [-0.1, -0.05) is 6.08 Å². The Morgan fingerprint density at radius 1 is 1.60 bits per heavy atom. The Morgan fingerprint density at radius 2 is 2.40 bits per heavy atom. The number of nitrogens with two attached hydrogens (primary N) is 1. The number of hydrogen-bond acceptors (Lipinski definition) is 4. The number of hydrogen-bond donors (Lipinski definition) is 2. The van der Waals surface area contributed by atoms with Crippen LogP contribution in [0.5, 0.6) is 0 Å². The van der Waals surface area contributed by atoms with Crippen LogP contribution in [-0.2, 0) is 13.1 Å². The minimum atomic E-state index is 0.131. The maximum absolute atomic E-state index is 8.89. The van der Waals surface area contributed by atoms with E-state index in [1.165, 1.54) is 0 Å². The monoisotopic (exact) mass is 210 g/mol. The molecule has 0 aliphatic heterocycles. The second-order valence-electron chi connectivity index (χ2n) is 3.32. The lowest BCUT2D eigenvalue weighted by atomic mass is 10.2. The average molecular weight is 210 g/mol. The molecule has 1 rings (SSSR count).